The third kappa shape index (κ3) is 2.21. The molecule has 2 heterocycles. The van der Waals surface area contributed by atoms with E-state index in [2.05, 4.69) is 33.9 Å². The maximum absolute atomic E-state index is 5.52. The SMILES string of the molecule is Cc1nonc1COc1cnn(C(C)C)c1. The number of rotatable bonds is 4. The van der Waals surface area contributed by atoms with Gasteiger partial charge in [0, 0.05) is 6.04 Å². The van der Waals surface area contributed by atoms with Gasteiger partial charge in [-0.2, -0.15) is 5.10 Å². The van der Waals surface area contributed by atoms with Crippen molar-refractivity contribution in [3.8, 4) is 5.75 Å². The van der Waals surface area contributed by atoms with Crippen LogP contribution in [0.15, 0.2) is 17.0 Å². The van der Waals surface area contributed by atoms with Crippen LogP contribution >= 0.6 is 0 Å². The fourth-order valence-corrected chi connectivity index (χ4v) is 1.21. The first kappa shape index (κ1) is 10.7. The summed E-state index contributed by atoms with van der Waals surface area (Å²) in [5, 5.41) is 11.6. The summed E-state index contributed by atoms with van der Waals surface area (Å²) in [4.78, 5) is 0. The summed E-state index contributed by atoms with van der Waals surface area (Å²) in [6.07, 6.45) is 3.54. The van der Waals surface area contributed by atoms with Crippen LogP contribution in [0.4, 0.5) is 0 Å². The number of nitrogens with zero attached hydrogens (tertiary/aromatic N) is 4. The van der Waals surface area contributed by atoms with E-state index in [0.29, 0.717) is 18.3 Å². The van der Waals surface area contributed by atoms with Crippen molar-refractivity contribution >= 4 is 0 Å². The fourth-order valence-electron chi connectivity index (χ4n) is 1.21. The molecule has 0 fully saturated rings. The summed E-state index contributed by atoms with van der Waals surface area (Å²) in [7, 11) is 0. The molecule has 0 aliphatic heterocycles. The number of hydrogen-bond donors (Lipinski definition) is 0. The molecule has 0 amide bonds. The zero-order valence-electron chi connectivity index (χ0n) is 9.54. The van der Waals surface area contributed by atoms with Crippen LogP contribution in [0.3, 0.4) is 0 Å². The van der Waals surface area contributed by atoms with Crippen molar-refractivity contribution in [3.63, 3.8) is 0 Å². The Morgan fingerprint density at radius 1 is 1.44 bits per heavy atom. The third-order valence-electron chi connectivity index (χ3n) is 2.23. The topological polar surface area (TPSA) is 66.0 Å². The fraction of sp³-hybridized carbons (Fsp3) is 0.500. The minimum atomic E-state index is 0.327. The first-order chi connectivity index (χ1) is 7.66. The van der Waals surface area contributed by atoms with Gasteiger partial charge < -0.3 is 4.74 Å². The first-order valence-corrected chi connectivity index (χ1v) is 5.12. The summed E-state index contributed by atoms with van der Waals surface area (Å²) in [6, 6.07) is 0.327. The predicted octanol–water partition coefficient (Wildman–Crippen LogP) is 1.73. The van der Waals surface area contributed by atoms with Gasteiger partial charge in [-0.3, -0.25) is 4.68 Å². The Labute approximate surface area is 93.2 Å². The van der Waals surface area contributed by atoms with Crippen molar-refractivity contribution in [2.75, 3.05) is 0 Å². The Morgan fingerprint density at radius 2 is 2.25 bits per heavy atom. The molecule has 0 radical (unpaired) electrons. The molecular weight excluding hydrogens is 208 g/mol. The van der Waals surface area contributed by atoms with E-state index in [1.165, 1.54) is 0 Å². The molecule has 0 aromatic carbocycles. The van der Waals surface area contributed by atoms with Crippen molar-refractivity contribution < 1.29 is 9.37 Å². The van der Waals surface area contributed by atoms with E-state index in [1.54, 1.807) is 6.20 Å². The number of aryl methyl sites for hydroxylation is 1. The quantitative estimate of drug-likeness (QED) is 0.788. The summed E-state index contributed by atoms with van der Waals surface area (Å²) in [6.45, 7) is 6.29. The Hall–Kier alpha value is -1.85. The molecule has 2 rings (SSSR count). The number of aromatic nitrogens is 4. The van der Waals surface area contributed by atoms with E-state index in [0.717, 1.165) is 11.4 Å². The lowest BCUT2D eigenvalue weighted by Crippen LogP contribution is -2.00. The van der Waals surface area contributed by atoms with Crippen LogP contribution in [0.5, 0.6) is 5.75 Å². The van der Waals surface area contributed by atoms with Crippen LogP contribution in [0.25, 0.3) is 0 Å². The molecule has 0 N–H and O–H groups in total. The second kappa shape index (κ2) is 4.34. The lowest BCUT2D eigenvalue weighted by atomic mass is 10.4. The standard InChI is InChI=1S/C10H14N4O2/c1-7(2)14-5-9(4-11-14)15-6-10-8(3)12-16-13-10/h4-5,7H,6H2,1-3H3. The van der Waals surface area contributed by atoms with Crippen molar-refractivity contribution in [1.82, 2.24) is 20.1 Å². The second-order valence-corrected chi connectivity index (χ2v) is 3.83. The molecule has 0 aliphatic rings. The minimum absolute atomic E-state index is 0.327. The van der Waals surface area contributed by atoms with Gasteiger partial charge in [0.25, 0.3) is 0 Å². The normalized spacial score (nSPS) is 11.0. The minimum Gasteiger partial charge on any atom is -0.484 e. The van der Waals surface area contributed by atoms with Gasteiger partial charge >= 0.3 is 0 Å². The summed E-state index contributed by atoms with van der Waals surface area (Å²) in [5.41, 5.74) is 1.45. The second-order valence-electron chi connectivity index (χ2n) is 3.83. The van der Waals surface area contributed by atoms with Crippen LogP contribution < -0.4 is 4.74 Å². The molecule has 86 valence electrons. The highest BCUT2D eigenvalue weighted by Crippen LogP contribution is 2.14. The lowest BCUT2D eigenvalue weighted by Gasteiger charge is -2.03. The van der Waals surface area contributed by atoms with Gasteiger partial charge in [-0.05, 0) is 20.8 Å². The van der Waals surface area contributed by atoms with Gasteiger partial charge in [0.2, 0.25) is 0 Å². The van der Waals surface area contributed by atoms with Crippen molar-refractivity contribution in [2.45, 2.75) is 33.4 Å². The zero-order valence-corrected chi connectivity index (χ0v) is 9.54. The van der Waals surface area contributed by atoms with Gasteiger partial charge in [0.1, 0.15) is 18.0 Å². The average molecular weight is 222 g/mol. The van der Waals surface area contributed by atoms with E-state index in [1.807, 2.05) is 17.8 Å². The Bertz CT molecular complexity index is 461. The van der Waals surface area contributed by atoms with Crippen LogP contribution in [0, 0.1) is 6.92 Å². The molecule has 2 aromatic heterocycles. The molecule has 0 aliphatic carbocycles. The molecule has 6 nitrogen and oxygen atoms in total. The van der Waals surface area contributed by atoms with Crippen LogP contribution in [0.2, 0.25) is 0 Å². The molecule has 0 bridgehead atoms. The third-order valence-corrected chi connectivity index (χ3v) is 2.23. The highest BCUT2D eigenvalue weighted by molar-refractivity contribution is 5.13. The van der Waals surface area contributed by atoms with Crippen molar-refractivity contribution in [1.29, 1.82) is 0 Å². The summed E-state index contributed by atoms with van der Waals surface area (Å²) < 4.78 is 11.9. The van der Waals surface area contributed by atoms with E-state index < -0.39 is 0 Å². The van der Waals surface area contributed by atoms with Gasteiger partial charge in [-0.25, -0.2) is 4.63 Å². The van der Waals surface area contributed by atoms with E-state index in [4.69, 9.17) is 4.74 Å². The molecule has 0 atom stereocenters. The highest BCUT2D eigenvalue weighted by atomic mass is 16.6. The largest absolute Gasteiger partial charge is 0.484 e. The van der Waals surface area contributed by atoms with Gasteiger partial charge in [-0.15, -0.1) is 0 Å². The van der Waals surface area contributed by atoms with E-state index >= 15 is 0 Å². The lowest BCUT2D eigenvalue weighted by molar-refractivity contribution is 0.269. The Kier molecular flexibility index (Phi) is 2.89. The molecule has 16 heavy (non-hydrogen) atoms. The summed E-state index contributed by atoms with van der Waals surface area (Å²) >= 11 is 0. The average Bonchev–Trinajstić information content (AvgIpc) is 2.83. The van der Waals surface area contributed by atoms with Crippen molar-refractivity contribution in [2.24, 2.45) is 0 Å². The molecule has 0 saturated carbocycles. The molecule has 0 spiro atoms. The van der Waals surface area contributed by atoms with Gasteiger partial charge in [0.15, 0.2) is 5.75 Å². The molecule has 0 unspecified atom stereocenters. The first-order valence-electron chi connectivity index (χ1n) is 5.12. The molecule has 6 heteroatoms. The smallest absolute Gasteiger partial charge is 0.157 e. The van der Waals surface area contributed by atoms with Crippen LogP contribution in [0.1, 0.15) is 31.3 Å². The van der Waals surface area contributed by atoms with Gasteiger partial charge in [-0.1, -0.05) is 10.3 Å². The van der Waals surface area contributed by atoms with Crippen molar-refractivity contribution in [3.05, 3.63) is 23.8 Å². The maximum Gasteiger partial charge on any atom is 0.157 e. The van der Waals surface area contributed by atoms with E-state index in [-0.39, 0.29) is 0 Å². The summed E-state index contributed by atoms with van der Waals surface area (Å²) in [5.74, 6) is 0.719. The number of hydrogen-bond acceptors (Lipinski definition) is 5. The molecule has 0 saturated heterocycles. The Balaban J connectivity index is 1.97. The van der Waals surface area contributed by atoms with E-state index in [9.17, 15) is 0 Å². The monoisotopic (exact) mass is 222 g/mol. The molecule has 2 aromatic rings. The van der Waals surface area contributed by atoms with Crippen LogP contribution in [-0.2, 0) is 6.61 Å². The Morgan fingerprint density at radius 3 is 2.81 bits per heavy atom. The molecular formula is C10H14N4O2. The number of ether oxygens (including phenoxy) is 1. The zero-order chi connectivity index (χ0) is 11.5. The predicted molar refractivity (Wildman–Crippen MR) is 56.0 cm³/mol. The maximum atomic E-state index is 5.52. The van der Waals surface area contributed by atoms with Gasteiger partial charge in [0.05, 0.1) is 12.4 Å². The highest BCUT2D eigenvalue weighted by Gasteiger charge is 2.07. The van der Waals surface area contributed by atoms with Crippen LogP contribution in [-0.4, -0.2) is 20.1 Å².